The van der Waals surface area contributed by atoms with Gasteiger partial charge in [-0.2, -0.15) is 13.2 Å². The molecule has 1 unspecified atom stereocenters. The average molecular weight is 352 g/mol. The molecule has 25 heavy (non-hydrogen) atoms. The third-order valence-corrected chi connectivity index (χ3v) is 3.55. The van der Waals surface area contributed by atoms with E-state index in [1.165, 1.54) is 19.1 Å². The number of nitrogens with zero attached hydrogens (tertiary/aromatic N) is 1. The smallest absolute Gasteiger partial charge is 0.387 e. The zero-order chi connectivity index (χ0) is 18.8. The molecule has 0 saturated heterocycles. The molecule has 0 saturated carbocycles. The molecule has 1 aromatic heterocycles. The molecule has 0 radical (unpaired) electrons. The number of rotatable bonds is 5. The number of Topliss-reactive ketones (excluding diaryl/α,β-unsaturated/α-hetero) is 1. The zero-order valence-corrected chi connectivity index (χ0v) is 13.1. The lowest BCUT2D eigenvalue weighted by atomic mass is 9.91. The van der Waals surface area contributed by atoms with Gasteiger partial charge in [0.05, 0.1) is 11.4 Å². The van der Waals surface area contributed by atoms with Crippen LogP contribution >= 0.6 is 0 Å². The van der Waals surface area contributed by atoms with E-state index < -0.39 is 29.0 Å². The van der Waals surface area contributed by atoms with Crippen LogP contribution in [0.1, 0.15) is 39.8 Å². The molecule has 0 aliphatic heterocycles. The summed E-state index contributed by atoms with van der Waals surface area (Å²) in [7, 11) is 0. The number of H-pyrrole nitrogens is 1. The van der Waals surface area contributed by atoms with E-state index in [9.17, 15) is 22.8 Å². The molecule has 0 bridgehead atoms. The first kappa shape index (κ1) is 18.4. The van der Waals surface area contributed by atoms with Crippen molar-refractivity contribution >= 4 is 11.6 Å². The highest BCUT2D eigenvalue weighted by Gasteiger charge is 2.30. The molecule has 9 heteroatoms. The number of aromatic nitrogens is 2. The lowest BCUT2D eigenvalue weighted by Crippen LogP contribution is -2.24. The Hall–Kier alpha value is -2.97. The minimum Gasteiger partial charge on any atom is -0.387 e. The second-order valence-electron chi connectivity index (χ2n) is 5.47. The molecule has 0 spiro atoms. The van der Waals surface area contributed by atoms with Crippen molar-refractivity contribution in [2.24, 2.45) is 5.73 Å². The van der Waals surface area contributed by atoms with Crippen LogP contribution < -0.4 is 11.3 Å². The predicted molar refractivity (Wildman–Crippen MR) is 84.6 cm³/mol. The standard InChI is InChI=1S/C16H15F3N4O2/c1-8-22-12(7-14(25)23-8)13(24)6-11(15(20)21)9-2-4-10(5-3-9)16(17,18)19/h2-5,7,11H,6H2,1H3,(H3,20,21)(H,22,23,25). The van der Waals surface area contributed by atoms with Crippen LogP contribution in [0.5, 0.6) is 0 Å². The van der Waals surface area contributed by atoms with Crippen LogP contribution in [-0.4, -0.2) is 21.6 Å². The topological polar surface area (TPSA) is 113 Å². The minimum absolute atomic E-state index is 0.0839. The van der Waals surface area contributed by atoms with Crippen molar-refractivity contribution in [3.8, 4) is 0 Å². The summed E-state index contributed by atoms with van der Waals surface area (Å²) in [4.78, 5) is 30.1. The Bertz CT molecular complexity index is 857. The molecule has 6 nitrogen and oxygen atoms in total. The second-order valence-corrected chi connectivity index (χ2v) is 5.47. The molecule has 2 rings (SSSR count). The van der Waals surface area contributed by atoms with Crippen LogP contribution in [0.15, 0.2) is 35.1 Å². The molecule has 0 amide bonds. The molecule has 0 aliphatic carbocycles. The summed E-state index contributed by atoms with van der Waals surface area (Å²) < 4.78 is 37.9. The van der Waals surface area contributed by atoms with Crippen LogP contribution in [0, 0.1) is 12.3 Å². The Kier molecular flexibility index (Phi) is 5.05. The van der Waals surface area contributed by atoms with Gasteiger partial charge in [0.2, 0.25) is 0 Å². The van der Waals surface area contributed by atoms with E-state index in [-0.39, 0.29) is 23.8 Å². The Morgan fingerprint density at radius 2 is 1.92 bits per heavy atom. The van der Waals surface area contributed by atoms with Gasteiger partial charge in [-0.15, -0.1) is 0 Å². The first-order valence-electron chi connectivity index (χ1n) is 7.20. The number of ketones is 1. The predicted octanol–water partition coefficient (Wildman–Crippen LogP) is 2.39. The molecule has 132 valence electrons. The van der Waals surface area contributed by atoms with E-state index in [1.807, 2.05) is 0 Å². The van der Waals surface area contributed by atoms with Gasteiger partial charge in [0, 0.05) is 18.4 Å². The maximum absolute atomic E-state index is 12.6. The first-order valence-corrected chi connectivity index (χ1v) is 7.20. The largest absolute Gasteiger partial charge is 0.416 e. The minimum atomic E-state index is -4.48. The van der Waals surface area contributed by atoms with Crippen molar-refractivity contribution in [1.82, 2.24) is 9.97 Å². The number of alkyl halides is 3. The van der Waals surface area contributed by atoms with Gasteiger partial charge < -0.3 is 10.7 Å². The summed E-state index contributed by atoms with van der Waals surface area (Å²) in [6.45, 7) is 1.51. The van der Waals surface area contributed by atoms with Gasteiger partial charge in [-0.25, -0.2) is 4.98 Å². The number of aryl methyl sites for hydroxylation is 1. The van der Waals surface area contributed by atoms with E-state index in [0.717, 1.165) is 18.2 Å². The van der Waals surface area contributed by atoms with E-state index in [1.54, 1.807) is 0 Å². The van der Waals surface area contributed by atoms with E-state index in [0.29, 0.717) is 5.56 Å². The summed E-state index contributed by atoms with van der Waals surface area (Å²) in [5.41, 5.74) is 4.38. The fourth-order valence-electron chi connectivity index (χ4n) is 2.32. The van der Waals surface area contributed by atoms with Gasteiger partial charge in [-0.3, -0.25) is 15.0 Å². The van der Waals surface area contributed by atoms with E-state index in [2.05, 4.69) is 9.97 Å². The van der Waals surface area contributed by atoms with Gasteiger partial charge in [0.15, 0.2) is 5.78 Å². The van der Waals surface area contributed by atoms with Crippen molar-refractivity contribution in [2.45, 2.75) is 25.4 Å². The third-order valence-electron chi connectivity index (χ3n) is 3.55. The fraction of sp³-hybridized carbons (Fsp3) is 0.250. The number of hydrogen-bond donors (Lipinski definition) is 3. The van der Waals surface area contributed by atoms with Gasteiger partial charge >= 0.3 is 6.18 Å². The monoisotopic (exact) mass is 352 g/mol. The molecule has 1 heterocycles. The van der Waals surface area contributed by atoms with Crippen molar-refractivity contribution in [1.29, 1.82) is 5.41 Å². The van der Waals surface area contributed by atoms with Gasteiger partial charge in [0.1, 0.15) is 11.5 Å². The SMILES string of the molecule is Cc1nc(C(=O)CC(C(=N)N)c2ccc(C(F)(F)F)cc2)cc(=O)[nH]1. The molecule has 1 aromatic carbocycles. The quantitative estimate of drug-likeness (QED) is 0.436. The normalized spacial score (nSPS) is 12.6. The third kappa shape index (κ3) is 4.52. The molecule has 1 atom stereocenters. The van der Waals surface area contributed by atoms with Crippen LogP contribution in [0.4, 0.5) is 13.2 Å². The van der Waals surface area contributed by atoms with Crippen molar-refractivity contribution in [3.05, 3.63) is 63.3 Å². The number of amidine groups is 1. The summed E-state index contributed by atoms with van der Waals surface area (Å²) in [5.74, 6) is -1.55. The number of carbonyl (C=O) groups excluding carboxylic acids is 1. The average Bonchev–Trinajstić information content (AvgIpc) is 2.50. The number of halogens is 3. The highest BCUT2D eigenvalue weighted by molar-refractivity contribution is 5.98. The number of nitrogens with one attached hydrogen (secondary N) is 2. The Morgan fingerprint density at radius 3 is 2.40 bits per heavy atom. The molecule has 0 fully saturated rings. The van der Waals surface area contributed by atoms with Crippen LogP contribution in [0.2, 0.25) is 0 Å². The fourth-order valence-corrected chi connectivity index (χ4v) is 2.32. The summed E-state index contributed by atoms with van der Waals surface area (Å²) in [6.07, 6.45) is -4.76. The lowest BCUT2D eigenvalue weighted by molar-refractivity contribution is -0.137. The molecule has 0 aliphatic rings. The number of benzene rings is 1. The van der Waals surface area contributed by atoms with Crippen molar-refractivity contribution < 1.29 is 18.0 Å². The molecule has 4 N–H and O–H groups in total. The maximum atomic E-state index is 12.6. The Morgan fingerprint density at radius 1 is 1.32 bits per heavy atom. The summed E-state index contributed by atoms with van der Waals surface area (Å²) in [6, 6.07) is 5.12. The van der Waals surface area contributed by atoms with E-state index >= 15 is 0 Å². The summed E-state index contributed by atoms with van der Waals surface area (Å²) >= 11 is 0. The molecular weight excluding hydrogens is 337 g/mol. The van der Waals surface area contributed by atoms with Crippen molar-refractivity contribution in [2.75, 3.05) is 0 Å². The Labute approximate surface area is 140 Å². The summed E-state index contributed by atoms with van der Waals surface area (Å²) in [5, 5.41) is 7.62. The second kappa shape index (κ2) is 6.88. The highest BCUT2D eigenvalue weighted by atomic mass is 19.4. The first-order chi connectivity index (χ1) is 11.6. The number of nitrogens with two attached hydrogens (primary N) is 1. The molecular formula is C16H15F3N4O2. The van der Waals surface area contributed by atoms with Crippen LogP contribution in [0.25, 0.3) is 0 Å². The Balaban J connectivity index is 2.28. The number of hydrogen-bond acceptors (Lipinski definition) is 4. The van der Waals surface area contributed by atoms with Gasteiger partial charge in [-0.1, -0.05) is 12.1 Å². The zero-order valence-electron chi connectivity index (χ0n) is 13.1. The highest BCUT2D eigenvalue weighted by Crippen LogP contribution is 2.31. The maximum Gasteiger partial charge on any atom is 0.416 e. The van der Waals surface area contributed by atoms with Crippen molar-refractivity contribution in [3.63, 3.8) is 0 Å². The van der Waals surface area contributed by atoms with Gasteiger partial charge in [-0.05, 0) is 24.6 Å². The van der Waals surface area contributed by atoms with Crippen LogP contribution in [-0.2, 0) is 6.18 Å². The van der Waals surface area contributed by atoms with E-state index in [4.69, 9.17) is 11.1 Å². The number of carbonyl (C=O) groups is 1. The lowest BCUT2D eigenvalue weighted by Gasteiger charge is -2.16. The van der Waals surface area contributed by atoms with Gasteiger partial charge in [0.25, 0.3) is 5.56 Å². The van der Waals surface area contributed by atoms with Crippen LogP contribution in [0.3, 0.4) is 0 Å². The number of aromatic amines is 1. The molecule has 2 aromatic rings.